The summed E-state index contributed by atoms with van der Waals surface area (Å²) < 4.78 is 5.57. The van der Waals surface area contributed by atoms with Crippen LogP contribution in [0.4, 0.5) is 0 Å². The SMILES string of the molecule is CN=C(NCC(OC)C(C)(C)C)N1CCCC(CC(N)=O)C1.I. The van der Waals surface area contributed by atoms with Gasteiger partial charge in [0.25, 0.3) is 0 Å². The molecule has 0 radical (unpaired) electrons. The van der Waals surface area contributed by atoms with Crippen LogP contribution in [0.15, 0.2) is 4.99 Å². The molecule has 7 heteroatoms. The number of methoxy groups -OCH3 is 1. The van der Waals surface area contributed by atoms with Crippen molar-refractivity contribution in [2.45, 2.75) is 46.1 Å². The molecule has 23 heavy (non-hydrogen) atoms. The number of amides is 1. The Labute approximate surface area is 157 Å². The highest BCUT2D eigenvalue weighted by Crippen LogP contribution is 2.22. The number of likely N-dealkylation sites (tertiary alicyclic amines) is 1. The normalized spacial score (nSPS) is 20.7. The number of nitrogens with one attached hydrogen (secondary N) is 1. The fourth-order valence-corrected chi connectivity index (χ4v) is 2.97. The average Bonchev–Trinajstić information content (AvgIpc) is 2.42. The van der Waals surface area contributed by atoms with Crippen molar-refractivity contribution < 1.29 is 9.53 Å². The molecule has 0 spiro atoms. The fraction of sp³-hybridized carbons (Fsp3) is 0.875. The van der Waals surface area contributed by atoms with Gasteiger partial charge in [0.15, 0.2) is 5.96 Å². The van der Waals surface area contributed by atoms with Gasteiger partial charge in [-0.3, -0.25) is 9.79 Å². The molecule has 1 fully saturated rings. The zero-order valence-corrected chi connectivity index (χ0v) is 17.4. The summed E-state index contributed by atoms with van der Waals surface area (Å²) in [5, 5.41) is 3.41. The Morgan fingerprint density at radius 2 is 2.13 bits per heavy atom. The van der Waals surface area contributed by atoms with Gasteiger partial charge >= 0.3 is 0 Å². The highest BCUT2D eigenvalue weighted by atomic mass is 127. The van der Waals surface area contributed by atoms with Crippen molar-refractivity contribution in [1.29, 1.82) is 0 Å². The van der Waals surface area contributed by atoms with Gasteiger partial charge in [0.2, 0.25) is 5.91 Å². The van der Waals surface area contributed by atoms with Crippen LogP contribution in [0, 0.1) is 11.3 Å². The Morgan fingerprint density at radius 1 is 1.48 bits per heavy atom. The Balaban J connectivity index is 0.00000484. The van der Waals surface area contributed by atoms with E-state index in [1.54, 1.807) is 14.2 Å². The van der Waals surface area contributed by atoms with Crippen LogP contribution in [-0.4, -0.2) is 56.7 Å². The van der Waals surface area contributed by atoms with E-state index in [1.165, 1.54) is 0 Å². The molecule has 1 heterocycles. The first-order valence-corrected chi connectivity index (χ1v) is 8.04. The smallest absolute Gasteiger partial charge is 0.217 e. The van der Waals surface area contributed by atoms with Crippen molar-refractivity contribution in [3.05, 3.63) is 0 Å². The Bertz CT molecular complexity index is 396. The quantitative estimate of drug-likeness (QED) is 0.389. The van der Waals surface area contributed by atoms with E-state index in [0.29, 0.717) is 18.9 Å². The van der Waals surface area contributed by atoms with E-state index in [-0.39, 0.29) is 41.4 Å². The number of hydrogen-bond donors (Lipinski definition) is 2. The minimum atomic E-state index is -0.220. The van der Waals surface area contributed by atoms with E-state index in [4.69, 9.17) is 10.5 Å². The number of aliphatic imine (C=N–C) groups is 1. The monoisotopic (exact) mass is 440 g/mol. The molecule has 1 saturated heterocycles. The molecular formula is C16H33IN4O2. The molecule has 1 aliphatic rings. The molecule has 0 aromatic heterocycles. The number of carbonyl (C=O) groups is 1. The largest absolute Gasteiger partial charge is 0.379 e. The molecule has 1 aliphatic heterocycles. The summed E-state index contributed by atoms with van der Waals surface area (Å²) >= 11 is 0. The van der Waals surface area contributed by atoms with Crippen molar-refractivity contribution in [1.82, 2.24) is 10.2 Å². The fourth-order valence-electron chi connectivity index (χ4n) is 2.97. The zero-order valence-electron chi connectivity index (χ0n) is 15.1. The standard InChI is InChI=1S/C16H32N4O2.HI/c1-16(2,3)13(22-5)10-19-15(18-4)20-8-6-7-12(11-20)9-14(17)21;/h12-13H,6-11H2,1-5H3,(H2,17,21)(H,18,19);1H. The highest BCUT2D eigenvalue weighted by Gasteiger charge is 2.27. The van der Waals surface area contributed by atoms with Crippen LogP contribution >= 0.6 is 24.0 Å². The van der Waals surface area contributed by atoms with Crippen LogP contribution in [0.5, 0.6) is 0 Å². The number of carbonyl (C=O) groups excluding carboxylic acids is 1. The van der Waals surface area contributed by atoms with Crippen LogP contribution in [0.3, 0.4) is 0 Å². The summed E-state index contributed by atoms with van der Waals surface area (Å²) in [6.07, 6.45) is 2.68. The number of halogens is 1. The number of nitrogens with two attached hydrogens (primary N) is 1. The summed E-state index contributed by atoms with van der Waals surface area (Å²) in [6.45, 7) is 8.99. The summed E-state index contributed by atoms with van der Waals surface area (Å²) in [6, 6.07) is 0. The summed E-state index contributed by atoms with van der Waals surface area (Å²) in [7, 11) is 3.53. The van der Waals surface area contributed by atoms with Gasteiger partial charge in [-0.15, -0.1) is 24.0 Å². The molecular weight excluding hydrogens is 407 g/mol. The first-order valence-electron chi connectivity index (χ1n) is 8.04. The lowest BCUT2D eigenvalue weighted by atomic mass is 9.89. The van der Waals surface area contributed by atoms with Crippen LogP contribution < -0.4 is 11.1 Å². The maximum absolute atomic E-state index is 11.1. The number of hydrogen-bond acceptors (Lipinski definition) is 3. The molecule has 0 saturated carbocycles. The number of ether oxygens (including phenoxy) is 1. The second-order valence-electron chi connectivity index (χ2n) is 7.14. The minimum absolute atomic E-state index is 0. The minimum Gasteiger partial charge on any atom is -0.379 e. The first-order chi connectivity index (χ1) is 10.3. The molecule has 1 rings (SSSR count). The Hall–Kier alpha value is -0.570. The number of rotatable bonds is 5. The number of primary amides is 1. The van der Waals surface area contributed by atoms with Crippen molar-refractivity contribution in [2.75, 3.05) is 33.8 Å². The number of guanidine groups is 1. The topological polar surface area (TPSA) is 80.0 Å². The van der Waals surface area contributed by atoms with Crippen LogP contribution in [0.25, 0.3) is 0 Å². The van der Waals surface area contributed by atoms with E-state index in [2.05, 4.69) is 36.0 Å². The van der Waals surface area contributed by atoms with Gasteiger partial charge in [0, 0.05) is 40.2 Å². The Morgan fingerprint density at radius 3 is 2.61 bits per heavy atom. The molecule has 136 valence electrons. The second kappa shape index (κ2) is 10.3. The van der Waals surface area contributed by atoms with E-state index in [9.17, 15) is 4.79 Å². The van der Waals surface area contributed by atoms with E-state index >= 15 is 0 Å². The lowest BCUT2D eigenvalue weighted by Crippen LogP contribution is -2.50. The summed E-state index contributed by atoms with van der Waals surface area (Å²) in [5.74, 6) is 0.980. The van der Waals surface area contributed by atoms with Crippen molar-refractivity contribution in [2.24, 2.45) is 22.1 Å². The molecule has 2 atom stereocenters. The van der Waals surface area contributed by atoms with Crippen LogP contribution in [0.2, 0.25) is 0 Å². The second-order valence-corrected chi connectivity index (χ2v) is 7.14. The van der Waals surface area contributed by atoms with Crippen LogP contribution in [0.1, 0.15) is 40.0 Å². The maximum Gasteiger partial charge on any atom is 0.217 e. The summed E-state index contributed by atoms with van der Waals surface area (Å²) in [4.78, 5) is 17.7. The van der Waals surface area contributed by atoms with Gasteiger partial charge in [-0.25, -0.2) is 0 Å². The molecule has 1 amide bonds. The van der Waals surface area contributed by atoms with Gasteiger partial charge in [-0.1, -0.05) is 20.8 Å². The molecule has 0 aromatic carbocycles. The third-order valence-electron chi connectivity index (χ3n) is 4.22. The van der Waals surface area contributed by atoms with Crippen molar-refractivity contribution in [3.63, 3.8) is 0 Å². The first kappa shape index (κ1) is 22.4. The predicted octanol–water partition coefficient (Wildman–Crippen LogP) is 1.83. The molecule has 0 bridgehead atoms. The Kier molecular flexibility index (Phi) is 10.1. The highest BCUT2D eigenvalue weighted by molar-refractivity contribution is 14.0. The van der Waals surface area contributed by atoms with Crippen LogP contribution in [-0.2, 0) is 9.53 Å². The van der Waals surface area contributed by atoms with Gasteiger partial charge in [-0.2, -0.15) is 0 Å². The van der Waals surface area contributed by atoms with E-state index < -0.39 is 0 Å². The van der Waals surface area contributed by atoms with Gasteiger partial charge < -0.3 is 20.7 Å². The molecule has 0 aromatic rings. The molecule has 3 N–H and O–H groups in total. The van der Waals surface area contributed by atoms with Gasteiger partial charge in [0.05, 0.1) is 6.10 Å². The molecule has 2 unspecified atom stereocenters. The lowest BCUT2D eigenvalue weighted by Gasteiger charge is -2.36. The van der Waals surface area contributed by atoms with Crippen molar-refractivity contribution in [3.8, 4) is 0 Å². The van der Waals surface area contributed by atoms with Gasteiger partial charge in [0.1, 0.15) is 0 Å². The predicted molar refractivity (Wildman–Crippen MR) is 105 cm³/mol. The summed E-state index contributed by atoms with van der Waals surface area (Å²) in [5.41, 5.74) is 5.39. The van der Waals surface area contributed by atoms with Gasteiger partial charge in [-0.05, 0) is 24.2 Å². The van der Waals surface area contributed by atoms with E-state index in [0.717, 1.165) is 31.9 Å². The number of piperidine rings is 1. The molecule has 6 nitrogen and oxygen atoms in total. The molecule has 0 aliphatic carbocycles. The van der Waals surface area contributed by atoms with E-state index in [1.807, 2.05) is 0 Å². The zero-order chi connectivity index (χ0) is 16.8. The number of nitrogens with zero attached hydrogens (tertiary/aromatic N) is 2. The lowest BCUT2D eigenvalue weighted by molar-refractivity contribution is -0.119. The third-order valence-corrected chi connectivity index (χ3v) is 4.22. The average molecular weight is 440 g/mol. The maximum atomic E-state index is 11.1. The van der Waals surface area contributed by atoms with Crippen molar-refractivity contribution >= 4 is 35.8 Å². The third kappa shape index (κ3) is 7.69.